The van der Waals surface area contributed by atoms with E-state index < -0.39 is 21.8 Å². The van der Waals surface area contributed by atoms with Crippen LogP contribution in [0.15, 0.2) is 29.2 Å². The smallest absolute Gasteiger partial charge is 0.243 e. The fourth-order valence-electron chi connectivity index (χ4n) is 2.27. The van der Waals surface area contributed by atoms with Crippen LogP contribution in [-0.4, -0.2) is 31.7 Å². The molecule has 7 heteroatoms. The number of sulfonamides is 1. The van der Waals surface area contributed by atoms with E-state index in [1.165, 1.54) is 22.5 Å². The van der Waals surface area contributed by atoms with Crippen LogP contribution in [-0.2, 0) is 14.8 Å². The number of carbonyl (C=O) groups excluding carboxylic acids is 1. The third-order valence-corrected chi connectivity index (χ3v) is 5.25. The molecule has 0 radical (unpaired) electrons. The van der Waals surface area contributed by atoms with Gasteiger partial charge in [0.2, 0.25) is 15.9 Å². The van der Waals surface area contributed by atoms with Crippen molar-refractivity contribution in [2.75, 3.05) is 13.1 Å². The first-order valence-electron chi connectivity index (χ1n) is 6.25. The summed E-state index contributed by atoms with van der Waals surface area (Å²) in [7, 11) is -3.69. The summed E-state index contributed by atoms with van der Waals surface area (Å²) >= 11 is 0. The van der Waals surface area contributed by atoms with Crippen molar-refractivity contribution in [3.8, 4) is 6.07 Å². The van der Waals surface area contributed by atoms with E-state index in [-0.39, 0.29) is 17.0 Å². The van der Waals surface area contributed by atoms with E-state index in [1.807, 2.05) is 6.07 Å². The molecule has 0 aromatic heterocycles. The number of primary amides is 1. The molecule has 0 bridgehead atoms. The molecule has 0 spiro atoms. The van der Waals surface area contributed by atoms with Crippen LogP contribution in [0.1, 0.15) is 18.4 Å². The highest BCUT2D eigenvalue weighted by Crippen LogP contribution is 2.24. The van der Waals surface area contributed by atoms with Crippen molar-refractivity contribution in [3.05, 3.63) is 29.8 Å². The van der Waals surface area contributed by atoms with Gasteiger partial charge in [-0.1, -0.05) is 6.07 Å². The average Bonchev–Trinajstić information content (AvgIpc) is 2.47. The Morgan fingerprint density at radius 1 is 1.45 bits per heavy atom. The van der Waals surface area contributed by atoms with Gasteiger partial charge in [-0.15, -0.1) is 0 Å². The fourth-order valence-corrected chi connectivity index (χ4v) is 3.84. The molecule has 1 fully saturated rings. The Labute approximate surface area is 117 Å². The largest absolute Gasteiger partial charge is 0.369 e. The minimum Gasteiger partial charge on any atom is -0.369 e. The van der Waals surface area contributed by atoms with E-state index in [9.17, 15) is 13.2 Å². The van der Waals surface area contributed by atoms with Crippen LogP contribution in [0.3, 0.4) is 0 Å². The highest BCUT2D eigenvalue weighted by molar-refractivity contribution is 7.89. The van der Waals surface area contributed by atoms with Crippen LogP contribution in [0.5, 0.6) is 0 Å². The molecule has 0 aliphatic carbocycles. The highest BCUT2D eigenvalue weighted by atomic mass is 32.2. The molecule has 1 atom stereocenters. The second kappa shape index (κ2) is 5.61. The molecule has 1 amide bonds. The number of nitrogens with two attached hydrogens (primary N) is 1. The summed E-state index contributed by atoms with van der Waals surface area (Å²) in [5.74, 6) is -0.923. The standard InChI is InChI=1S/C13H15N3O3S/c14-8-10-3-1-5-12(7-10)20(18,19)16-6-2-4-11(9-16)13(15)17/h1,3,5,7,11H,2,4,6,9H2,(H2,15,17). The number of amides is 1. The van der Waals surface area contributed by atoms with Crippen molar-refractivity contribution in [2.45, 2.75) is 17.7 Å². The summed E-state index contributed by atoms with van der Waals surface area (Å²) in [6.45, 7) is 0.470. The molecule has 1 aliphatic rings. The number of piperidine rings is 1. The van der Waals surface area contributed by atoms with E-state index in [4.69, 9.17) is 11.0 Å². The van der Waals surface area contributed by atoms with Crippen molar-refractivity contribution < 1.29 is 13.2 Å². The maximum atomic E-state index is 12.5. The predicted octanol–water partition coefficient (Wildman–Crippen LogP) is 0.444. The SMILES string of the molecule is N#Cc1cccc(S(=O)(=O)N2CCCC(C(N)=O)C2)c1. The molecular formula is C13H15N3O3S. The van der Waals surface area contributed by atoms with Crippen molar-refractivity contribution in [1.29, 1.82) is 5.26 Å². The maximum Gasteiger partial charge on any atom is 0.243 e. The number of hydrogen-bond donors (Lipinski definition) is 1. The zero-order valence-corrected chi connectivity index (χ0v) is 11.6. The van der Waals surface area contributed by atoms with Gasteiger partial charge in [-0.25, -0.2) is 8.42 Å². The van der Waals surface area contributed by atoms with E-state index >= 15 is 0 Å². The molecule has 1 heterocycles. The van der Waals surface area contributed by atoms with Gasteiger partial charge in [0, 0.05) is 13.1 Å². The summed E-state index contributed by atoms with van der Waals surface area (Å²) in [6.07, 6.45) is 1.21. The Bertz CT molecular complexity index is 664. The monoisotopic (exact) mass is 293 g/mol. The minimum absolute atomic E-state index is 0.0710. The van der Waals surface area contributed by atoms with Crippen molar-refractivity contribution in [3.63, 3.8) is 0 Å². The Hall–Kier alpha value is -1.91. The van der Waals surface area contributed by atoms with Gasteiger partial charge < -0.3 is 5.73 Å². The number of benzene rings is 1. The lowest BCUT2D eigenvalue weighted by molar-refractivity contribution is -0.122. The van der Waals surface area contributed by atoms with Crippen LogP contribution in [0.25, 0.3) is 0 Å². The van der Waals surface area contributed by atoms with Crippen molar-refractivity contribution in [2.24, 2.45) is 11.7 Å². The molecule has 2 rings (SSSR count). The van der Waals surface area contributed by atoms with E-state index in [2.05, 4.69) is 0 Å². The fraction of sp³-hybridized carbons (Fsp3) is 0.385. The van der Waals surface area contributed by atoms with Crippen LogP contribution < -0.4 is 5.73 Å². The van der Waals surface area contributed by atoms with E-state index in [0.717, 1.165) is 0 Å². The average molecular weight is 293 g/mol. The first-order chi connectivity index (χ1) is 9.45. The van der Waals surface area contributed by atoms with Gasteiger partial charge in [0.15, 0.2) is 0 Å². The Morgan fingerprint density at radius 3 is 2.85 bits per heavy atom. The summed E-state index contributed by atoms with van der Waals surface area (Å²) < 4.78 is 26.2. The molecule has 1 aromatic rings. The quantitative estimate of drug-likeness (QED) is 0.873. The Kier molecular flexibility index (Phi) is 4.06. The third-order valence-electron chi connectivity index (χ3n) is 3.39. The molecule has 106 valence electrons. The Balaban J connectivity index is 2.30. The molecule has 1 aliphatic heterocycles. The van der Waals surface area contributed by atoms with Gasteiger partial charge >= 0.3 is 0 Å². The number of rotatable bonds is 3. The first-order valence-corrected chi connectivity index (χ1v) is 7.69. The van der Waals surface area contributed by atoms with Crippen LogP contribution in [0, 0.1) is 17.2 Å². The lowest BCUT2D eigenvalue weighted by Crippen LogP contribution is -2.44. The van der Waals surface area contributed by atoms with Gasteiger partial charge in [0.25, 0.3) is 0 Å². The second-order valence-corrected chi connectivity index (χ2v) is 6.68. The van der Waals surface area contributed by atoms with Gasteiger partial charge in [-0.3, -0.25) is 4.79 Å². The van der Waals surface area contributed by atoms with Crippen molar-refractivity contribution in [1.82, 2.24) is 4.31 Å². The van der Waals surface area contributed by atoms with E-state index in [0.29, 0.717) is 19.4 Å². The predicted molar refractivity (Wildman–Crippen MR) is 71.8 cm³/mol. The molecule has 6 nitrogen and oxygen atoms in total. The van der Waals surface area contributed by atoms with Crippen LogP contribution in [0.4, 0.5) is 0 Å². The summed E-state index contributed by atoms with van der Waals surface area (Å²) in [5.41, 5.74) is 5.54. The number of nitrogens with zero attached hydrogens (tertiary/aromatic N) is 2. The van der Waals surface area contributed by atoms with Gasteiger partial charge in [-0.05, 0) is 31.0 Å². The summed E-state index contributed by atoms with van der Waals surface area (Å²) in [4.78, 5) is 11.3. The topological polar surface area (TPSA) is 104 Å². The third kappa shape index (κ3) is 2.81. The lowest BCUT2D eigenvalue weighted by Gasteiger charge is -2.30. The zero-order chi connectivity index (χ0) is 14.8. The van der Waals surface area contributed by atoms with Gasteiger partial charge in [0.1, 0.15) is 0 Å². The molecule has 1 aromatic carbocycles. The molecular weight excluding hydrogens is 278 g/mol. The first kappa shape index (κ1) is 14.5. The summed E-state index contributed by atoms with van der Waals surface area (Å²) in [6, 6.07) is 7.77. The van der Waals surface area contributed by atoms with Crippen molar-refractivity contribution >= 4 is 15.9 Å². The minimum atomic E-state index is -3.69. The van der Waals surface area contributed by atoms with Crippen LogP contribution >= 0.6 is 0 Å². The maximum absolute atomic E-state index is 12.5. The molecule has 1 unspecified atom stereocenters. The van der Waals surface area contributed by atoms with Gasteiger partial charge in [-0.2, -0.15) is 9.57 Å². The zero-order valence-electron chi connectivity index (χ0n) is 10.8. The molecule has 2 N–H and O–H groups in total. The molecule has 1 saturated heterocycles. The second-order valence-electron chi connectivity index (χ2n) is 4.74. The van der Waals surface area contributed by atoms with Crippen LogP contribution in [0.2, 0.25) is 0 Å². The molecule has 20 heavy (non-hydrogen) atoms. The molecule has 0 saturated carbocycles. The number of carbonyl (C=O) groups is 1. The normalized spacial score (nSPS) is 20.2. The highest BCUT2D eigenvalue weighted by Gasteiger charge is 2.32. The Morgan fingerprint density at radius 2 is 2.20 bits per heavy atom. The summed E-state index contributed by atoms with van der Waals surface area (Å²) in [5, 5.41) is 8.83. The van der Waals surface area contributed by atoms with E-state index in [1.54, 1.807) is 6.07 Å². The number of hydrogen-bond acceptors (Lipinski definition) is 4. The van der Waals surface area contributed by atoms with Gasteiger partial charge in [0.05, 0.1) is 22.4 Å². The number of nitriles is 1. The lowest BCUT2D eigenvalue weighted by atomic mass is 9.99.